The molecule has 0 bridgehead atoms. The van der Waals surface area contributed by atoms with Gasteiger partial charge in [-0.25, -0.2) is 4.39 Å². The zero-order chi connectivity index (χ0) is 10.3. The molecule has 0 atom stereocenters. The van der Waals surface area contributed by atoms with Crippen molar-refractivity contribution >= 4 is 0 Å². The summed E-state index contributed by atoms with van der Waals surface area (Å²) in [6.45, 7) is 10.8. The van der Waals surface area contributed by atoms with Crippen molar-refractivity contribution in [2.24, 2.45) is 0 Å². The molecule has 0 radical (unpaired) electrons. The van der Waals surface area contributed by atoms with Crippen LogP contribution in [0.25, 0.3) is 0 Å². The quantitative estimate of drug-likeness (QED) is 0.568. The second-order valence-electron chi connectivity index (χ2n) is 2.62. The van der Waals surface area contributed by atoms with Crippen LogP contribution in [0.3, 0.4) is 0 Å². The molecule has 0 aromatic rings. The molecule has 0 fully saturated rings. The Balaban J connectivity index is 4.51. The lowest BCUT2D eigenvalue weighted by atomic mass is 10.1. The van der Waals surface area contributed by atoms with E-state index < -0.39 is 0 Å². The first-order valence-electron chi connectivity index (χ1n) is 4.10. The van der Waals surface area contributed by atoms with Crippen LogP contribution >= 0.6 is 0 Å². The maximum absolute atomic E-state index is 12.8. The van der Waals surface area contributed by atoms with Crippen molar-refractivity contribution in [3.63, 3.8) is 0 Å². The molecule has 0 aliphatic carbocycles. The molecule has 0 heterocycles. The first kappa shape index (κ1) is 11.6. The molecular weight excluding hydrogens is 163 g/mol. The lowest BCUT2D eigenvalue weighted by Gasteiger charge is -1.98. The number of rotatable bonds is 4. The Bertz CT molecular complexity index is 277. The third-order valence-corrected chi connectivity index (χ3v) is 1.57. The minimum Gasteiger partial charge on any atom is -0.207 e. The molecule has 1 heteroatoms. The minimum absolute atomic E-state index is 0.245. The van der Waals surface area contributed by atoms with Crippen molar-refractivity contribution < 1.29 is 4.39 Å². The number of halogens is 1. The summed E-state index contributed by atoms with van der Waals surface area (Å²) in [5, 5.41) is 0. The van der Waals surface area contributed by atoms with E-state index in [1.165, 1.54) is 12.2 Å². The Labute approximate surface area is 79.5 Å². The van der Waals surface area contributed by atoms with Crippen molar-refractivity contribution in [3.8, 4) is 0 Å². The van der Waals surface area contributed by atoms with Crippen molar-refractivity contribution in [1.82, 2.24) is 0 Å². The van der Waals surface area contributed by atoms with Crippen LogP contribution in [0.2, 0.25) is 0 Å². The van der Waals surface area contributed by atoms with Gasteiger partial charge in [0.2, 0.25) is 0 Å². The summed E-state index contributed by atoms with van der Waals surface area (Å²) in [5.41, 5.74) is 1.60. The van der Waals surface area contributed by atoms with Gasteiger partial charge in [-0.2, -0.15) is 0 Å². The molecule has 0 N–H and O–H groups in total. The van der Waals surface area contributed by atoms with E-state index >= 15 is 0 Å². The van der Waals surface area contributed by atoms with E-state index in [9.17, 15) is 4.39 Å². The summed E-state index contributed by atoms with van der Waals surface area (Å²) in [6.07, 6.45) is 8.09. The molecule has 0 saturated heterocycles. The van der Waals surface area contributed by atoms with Gasteiger partial charge in [0.1, 0.15) is 5.83 Å². The van der Waals surface area contributed by atoms with Gasteiger partial charge in [0.25, 0.3) is 0 Å². The molecule has 0 rings (SSSR count). The molecule has 0 unspecified atom stereocenters. The Morgan fingerprint density at radius 2 is 2.00 bits per heavy atom. The molecule has 0 amide bonds. The maximum Gasteiger partial charge on any atom is 0.119 e. The Kier molecular flexibility index (Phi) is 5.53. The van der Waals surface area contributed by atoms with Gasteiger partial charge in [-0.15, -0.1) is 0 Å². The fourth-order valence-corrected chi connectivity index (χ4v) is 0.699. The van der Waals surface area contributed by atoms with Crippen molar-refractivity contribution in [2.75, 3.05) is 0 Å². The van der Waals surface area contributed by atoms with Crippen LogP contribution in [0.15, 0.2) is 60.5 Å². The first-order chi connectivity index (χ1) is 6.11. The van der Waals surface area contributed by atoms with Gasteiger partial charge in [0.05, 0.1) is 0 Å². The van der Waals surface area contributed by atoms with E-state index in [1.807, 2.05) is 6.92 Å². The zero-order valence-corrected chi connectivity index (χ0v) is 8.18. The predicted octanol–water partition coefficient (Wildman–Crippen LogP) is 4.10. The fourth-order valence-electron chi connectivity index (χ4n) is 0.699. The monoisotopic (exact) mass is 178 g/mol. The van der Waals surface area contributed by atoms with Gasteiger partial charge in [-0.3, -0.25) is 0 Å². The van der Waals surface area contributed by atoms with Crippen LogP contribution in [0.1, 0.15) is 13.8 Å². The van der Waals surface area contributed by atoms with Gasteiger partial charge in [0.15, 0.2) is 0 Å². The summed E-state index contributed by atoms with van der Waals surface area (Å²) >= 11 is 0. The van der Waals surface area contributed by atoms with Crippen LogP contribution in [0, 0.1) is 0 Å². The highest BCUT2D eigenvalue weighted by atomic mass is 19.1. The van der Waals surface area contributed by atoms with Crippen LogP contribution in [0.4, 0.5) is 4.39 Å². The van der Waals surface area contributed by atoms with Crippen LogP contribution in [0.5, 0.6) is 0 Å². The van der Waals surface area contributed by atoms with Crippen molar-refractivity contribution in [2.45, 2.75) is 13.8 Å². The number of hydrogen-bond donors (Lipinski definition) is 0. The Morgan fingerprint density at radius 3 is 2.46 bits per heavy atom. The molecule has 13 heavy (non-hydrogen) atoms. The zero-order valence-electron chi connectivity index (χ0n) is 8.18. The molecule has 0 aliphatic rings. The van der Waals surface area contributed by atoms with Crippen molar-refractivity contribution in [3.05, 3.63) is 60.5 Å². The molecule has 0 aliphatic heterocycles. The van der Waals surface area contributed by atoms with Gasteiger partial charge < -0.3 is 0 Å². The van der Waals surface area contributed by atoms with Gasteiger partial charge in [-0.1, -0.05) is 37.5 Å². The number of hydrogen-bond acceptors (Lipinski definition) is 0. The summed E-state index contributed by atoms with van der Waals surface area (Å²) in [5.74, 6) is -0.245. The Morgan fingerprint density at radius 1 is 1.38 bits per heavy atom. The van der Waals surface area contributed by atoms with E-state index in [1.54, 1.807) is 25.2 Å². The lowest BCUT2D eigenvalue weighted by Crippen LogP contribution is -1.79. The van der Waals surface area contributed by atoms with Gasteiger partial charge in [0, 0.05) is 0 Å². The van der Waals surface area contributed by atoms with Crippen molar-refractivity contribution in [1.29, 1.82) is 0 Å². The maximum atomic E-state index is 12.8. The summed E-state index contributed by atoms with van der Waals surface area (Å²) in [4.78, 5) is 0. The molecule has 0 spiro atoms. The van der Waals surface area contributed by atoms with E-state index in [-0.39, 0.29) is 5.83 Å². The Hall–Kier alpha value is -1.37. The highest BCUT2D eigenvalue weighted by Crippen LogP contribution is 2.12. The lowest BCUT2D eigenvalue weighted by molar-refractivity contribution is 0.663. The molecule has 0 aromatic carbocycles. The second kappa shape index (κ2) is 6.18. The summed E-state index contributed by atoms with van der Waals surface area (Å²) in [6, 6.07) is 0. The highest BCUT2D eigenvalue weighted by Gasteiger charge is 1.93. The molecule has 0 aromatic heterocycles. The van der Waals surface area contributed by atoms with E-state index in [0.717, 1.165) is 11.1 Å². The average Bonchev–Trinajstić information content (AvgIpc) is 2.13. The number of allylic oxidation sites excluding steroid dienone is 8. The first-order valence-corrected chi connectivity index (χ1v) is 4.10. The minimum atomic E-state index is -0.245. The predicted molar refractivity (Wildman–Crippen MR) is 57.1 cm³/mol. The average molecular weight is 178 g/mol. The highest BCUT2D eigenvalue weighted by molar-refractivity contribution is 5.39. The topological polar surface area (TPSA) is 0 Å². The van der Waals surface area contributed by atoms with Gasteiger partial charge >= 0.3 is 0 Å². The van der Waals surface area contributed by atoms with Crippen LogP contribution < -0.4 is 0 Å². The fraction of sp³-hybridized carbons (Fsp3) is 0.167. The standard InChI is InChI=1S/C12H15F/c1-5-7-8-10(3)11(4)9-12(13)6-2/h5-9H,1,3H2,2,4H3. The normalized spacial score (nSPS) is 13.5. The third-order valence-electron chi connectivity index (χ3n) is 1.57. The van der Waals surface area contributed by atoms with Crippen LogP contribution in [-0.4, -0.2) is 0 Å². The third kappa shape index (κ3) is 4.96. The molecular formula is C12H15F. The molecule has 70 valence electrons. The van der Waals surface area contributed by atoms with E-state index in [2.05, 4.69) is 13.2 Å². The van der Waals surface area contributed by atoms with E-state index in [4.69, 9.17) is 0 Å². The molecule has 0 saturated carbocycles. The smallest absolute Gasteiger partial charge is 0.119 e. The second-order valence-corrected chi connectivity index (χ2v) is 2.62. The summed E-state index contributed by atoms with van der Waals surface area (Å²) < 4.78 is 12.8. The van der Waals surface area contributed by atoms with Crippen LogP contribution in [-0.2, 0) is 0 Å². The van der Waals surface area contributed by atoms with Gasteiger partial charge in [-0.05, 0) is 31.1 Å². The molecule has 0 nitrogen and oxygen atoms in total. The summed E-state index contributed by atoms with van der Waals surface area (Å²) in [7, 11) is 0. The van der Waals surface area contributed by atoms with E-state index in [0.29, 0.717) is 0 Å². The SMILES string of the molecule is C=CC=CC(=C)C(C)=CC(F)=CC. The largest absolute Gasteiger partial charge is 0.207 e.